The fourth-order valence-electron chi connectivity index (χ4n) is 2.45. The predicted molar refractivity (Wildman–Crippen MR) is 87.1 cm³/mol. The number of halogens is 1. The third kappa shape index (κ3) is 3.57. The Labute approximate surface area is 129 Å². The first-order valence-corrected chi connectivity index (χ1v) is 7.70. The maximum atomic E-state index is 11.5. The van der Waals surface area contributed by atoms with Crippen LogP contribution in [0.5, 0.6) is 0 Å². The van der Waals surface area contributed by atoms with Crippen molar-refractivity contribution in [1.29, 1.82) is 0 Å². The molecule has 1 unspecified atom stereocenters. The van der Waals surface area contributed by atoms with Crippen LogP contribution in [0.25, 0.3) is 0 Å². The molecule has 0 saturated heterocycles. The Balaban J connectivity index is 0.000000178. The number of aryl methyl sites for hydroxylation is 2. The zero-order valence-electron chi connectivity index (χ0n) is 11.9. The van der Waals surface area contributed by atoms with E-state index in [1.165, 1.54) is 16.7 Å². The number of benzene rings is 2. The van der Waals surface area contributed by atoms with Crippen molar-refractivity contribution in [3.05, 3.63) is 69.7 Å². The van der Waals surface area contributed by atoms with E-state index in [0.29, 0.717) is 12.2 Å². The van der Waals surface area contributed by atoms with Gasteiger partial charge in [0.15, 0.2) is 0 Å². The second kappa shape index (κ2) is 6.85. The van der Waals surface area contributed by atoms with E-state index >= 15 is 0 Å². The average Bonchev–Trinajstić information content (AvgIpc) is 2.45. The molecule has 0 N–H and O–H groups in total. The Morgan fingerprint density at radius 2 is 1.70 bits per heavy atom. The van der Waals surface area contributed by atoms with Crippen LogP contribution in [-0.2, 0) is 11.2 Å². The molecule has 0 amide bonds. The number of rotatable bonds is 0. The van der Waals surface area contributed by atoms with Gasteiger partial charge in [0.05, 0.1) is 0 Å². The highest BCUT2D eigenvalue weighted by atomic mass is 79.9. The van der Waals surface area contributed by atoms with Crippen LogP contribution in [0.4, 0.5) is 0 Å². The van der Waals surface area contributed by atoms with Gasteiger partial charge in [-0.25, -0.2) is 0 Å². The van der Waals surface area contributed by atoms with E-state index in [1.807, 2.05) is 37.3 Å². The van der Waals surface area contributed by atoms with Crippen molar-refractivity contribution in [2.75, 3.05) is 0 Å². The number of hydrogen-bond donors (Lipinski definition) is 0. The molecule has 0 aliphatic heterocycles. The summed E-state index contributed by atoms with van der Waals surface area (Å²) in [5, 5.41) is 0. The minimum absolute atomic E-state index is 0.0688. The summed E-state index contributed by atoms with van der Waals surface area (Å²) < 4.78 is 1.07. The fourth-order valence-corrected chi connectivity index (χ4v) is 3.20. The van der Waals surface area contributed by atoms with Crippen LogP contribution >= 0.6 is 15.9 Å². The number of carbonyl (C=O) groups is 1. The van der Waals surface area contributed by atoms with Crippen LogP contribution < -0.4 is 0 Å². The Hall–Kier alpha value is -1.41. The van der Waals surface area contributed by atoms with Gasteiger partial charge < -0.3 is 0 Å². The second-order valence-electron chi connectivity index (χ2n) is 5.16. The largest absolute Gasteiger partial charge is 0.299 e. The Morgan fingerprint density at radius 3 is 2.30 bits per heavy atom. The molecule has 20 heavy (non-hydrogen) atoms. The van der Waals surface area contributed by atoms with Crippen molar-refractivity contribution >= 4 is 21.7 Å². The Kier molecular flexibility index (Phi) is 5.13. The highest BCUT2D eigenvalue weighted by molar-refractivity contribution is 9.10. The fraction of sp³-hybridized carbons (Fsp3) is 0.278. The molecule has 1 aliphatic carbocycles. The summed E-state index contributed by atoms with van der Waals surface area (Å²) in [6, 6.07) is 16.4. The lowest BCUT2D eigenvalue weighted by Gasteiger charge is -2.22. The third-order valence-corrected chi connectivity index (χ3v) is 4.33. The predicted octanol–water partition coefficient (Wildman–Crippen LogP) is 5.06. The molecule has 0 radical (unpaired) electrons. The Morgan fingerprint density at radius 1 is 1.00 bits per heavy atom. The van der Waals surface area contributed by atoms with Gasteiger partial charge in [0, 0.05) is 16.8 Å². The van der Waals surface area contributed by atoms with Gasteiger partial charge in [-0.3, -0.25) is 4.79 Å². The van der Waals surface area contributed by atoms with Crippen LogP contribution in [-0.4, -0.2) is 5.78 Å². The van der Waals surface area contributed by atoms with Gasteiger partial charge in [-0.05, 0) is 30.5 Å². The SMILES string of the molecule is CC1C(=O)CCc2cccc(Br)c21.Cc1ccccc1. The van der Waals surface area contributed by atoms with Crippen LogP contribution in [0.3, 0.4) is 0 Å². The first kappa shape index (κ1) is 15.0. The summed E-state index contributed by atoms with van der Waals surface area (Å²) >= 11 is 3.50. The molecule has 104 valence electrons. The van der Waals surface area contributed by atoms with E-state index in [9.17, 15) is 4.79 Å². The van der Waals surface area contributed by atoms with Crippen LogP contribution in [0.2, 0.25) is 0 Å². The quantitative estimate of drug-likeness (QED) is 0.659. The molecular formula is C18H19BrO. The zero-order chi connectivity index (χ0) is 14.5. The van der Waals surface area contributed by atoms with Crippen molar-refractivity contribution in [1.82, 2.24) is 0 Å². The summed E-state index contributed by atoms with van der Waals surface area (Å²) in [6.45, 7) is 4.07. The highest BCUT2D eigenvalue weighted by Crippen LogP contribution is 2.34. The van der Waals surface area contributed by atoms with Gasteiger partial charge in [0.25, 0.3) is 0 Å². The summed E-state index contributed by atoms with van der Waals surface area (Å²) in [5.74, 6) is 0.429. The van der Waals surface area contributed by atoms with Crippen molar-refractivity contribution < 1.29 is 4.79 Å². The monoisotopic (exact) mass is 330 g/mol. The molecule has 0 heterocycles. The summed E-state index contributed by atoms with van der Waals surface area (Å²) in [6.07, 6.45) is 1.60. The van der Waals surface area contributed by atoms with Crippen molar-refractivity contribution in [3.8, 4) is 0 Å². The lowest BCUT2D eigenvalue weighted by molar-refractivity contribution is -0.120. The van der Waals surface area contributed by atoms with Gasteiger partial charge >= 0.3 is 0 Å². The summed E-state index contributed by atoms with van der Waals surface area (Å²) in [5.41, 5.74) is 3.84. The van der Waals surface area contributed by atoms with Crippen molar-refractivity contribution in [2.45, 2.75) is 32.6 Å². The van der Waals surface area contributed by atoms with Crippen LogP contribution in [0, 0.1) is 6.92 Å². The summed E-state index contributed by atoms with van der Waals surface area (Å²) in [4.78, 5) is 11.5. The van der Waals surface area contributed by atoms with Crippen molar-refractivity contribution in [3.63, 3.8) is 0 Å². The molecule has 0 saturated carbocycles. The molecule has 1 atom stereocenters. The molecule has 1 aliphatic rings. The number of hydrogen-bond acceptors (Lipinski definition) is 1. The van der Waals surface area contributed by atoms with E-state index in [4.69, 9.17) is 0 Å². The molecule has 2 aromatic carbocycles. The summed E-state index contributed by atoms with van der Waals surface area (Å²) in [7, 11) is 0. The van der Waals surface area contributed by atoms with E-state index in [0.717, 1.165) is 10.9 Å². The van der Waals surface area contributed by atoms with E-state index in [2.05, 4.69) is 41.1 Å². The van der Waals surface area contributed by atoms with Gasteiger partial charge in [-0.2, -0.15) is 0 Å². The molecule has 1 nitrogen and oxygen atoms in total. The van der Waals surface area contributed by atoms with Gasteiger partial charge in [-0.1, -0.05) is 70.9 Å². The maximum Gasteiger partial charge on any atom is 0.140 e. The van der Waals surface area contributed by atoms with E-state index in [-0.39, 0.29) is 5.92 Å². The third-order valence-electron chi connectivity index (χ3n) is 3.64. The molecule has 0 fully saturated rings. The molecule has 0 bridgehead atoms. The number of ketones is 1. The van der Waals surface area contributed by atoms with E-state index < -0.39 is 0 Å². The lowest BCUT2D eigenvalue weighted by atomic mass is 9.83. The van der Waals surface area contributed by atoms with Gasteiger partial charge in [0.1, 0.15) is 5.78 Å². The minimum Gasteiger partial charge on any atom is -0.299 e. The number of carbonyl (C=O) groups excluding carboxylic acids is 1. The highest BCUT2D eigenvalue weighted by Gasteiger charge is 2.24. The molecular weight excluding hydrogens is 312 g/mol. The number of fused-ring (bicyclic) bond motifs is 1. The second-order valence-corrected chi connectivity index (χ2v) is 6.01. The average molecular weight is 331 g/mol. The topological polar surface area (TPSA) is 17.1 Å². The first-order chi connectivity index (χ1) is 9.59. The Bertz CT molecular complexity index is 590. The minimum atomic E-state index is 0.0688. The smallest absolute Gasteiger partial charge is 0.140 e. The normalized spacial score (nSPS) is 16.9. The molecule has 0 aromatic heterocycles. The standard InChI is InChI=1S/C11H11BrO.C7H8/c1-7-10(13)6-5-8-3-2-4-9(12)11(7)8;1-7-5-3-2-4-6-7/h2-4,7H,5-6H2,1H3;2-6H,1H3. The zero-order valence-corrected chi connectivity index (χ0v) is 13.5. The number of Topliss-reactive ketones (excluding diaryl/α,β-unsaturated/α-hetero) is 1. The molecule has 2 aromatic rings. The van der Waals surface area contributed by atoms with Gasteiger partial charge in [-0.15, -0.1) is 0 Å². The van der Waals surface area contributed by atoms with Crippen molar-refractivity contribution in [2.24, 2.45) is 0 Å². The maximum absolute atomic E-state index is 11.5. The van der Waals surface area contributed by atoms with Crippen LogP contribution in [0.1, 0.15) is 36.0 Å². The first-order valence-electron chi connectivity index (χ1n) is 6.91. The van der Waals surface area contributed by atoms with Gasteiger partial charge in [0.2, 0.25) is 0 Å². The molecule has 2 heteroatoms. The molecule has 0 spiro atoms. The van der Waals surface area contributed by atoms with E-state index in [1.54, 1.807) is 0 Å². The molecule has 3 rings (SSSR count). The van der Waals surface area contributed by atoms with Crippen LogP contribution in [0.15, 0.2) is 53.0 Å². The lowest BCUT2D eigenvalue weighted by Crippen LogP contribution is -2.18.